The van der Waals surface area contributed by atoms with E-state index in [1.54, 1.807) is 24.2 Å². The molecular weight excluding hydrogens is 330 g/mol. The van der Waals surface area contributed by atoms with Crippen LogP contribution in [0.25, 0.3) is 0 Å². The number of para-hydroxylation sites is 1. The van der Waals surface area contributed by atoms with Gasteiger partial charge >= 0.3 is 0 Å². The van der Waals surface area contributed by atoms with Crippen molar-refractivity contribution in [2.45, 2.75) is 12.1 Å². The average molecular weight is 351 g/mol. The third kappa shape index (κ3) is 2.50. The van der Waals surface area contributed by atoms with E-state index in [2.05, 4.69) is 0 Å². The largest absolute Gasteiger partial charge is 0.378 e. The molecule has 2 fully saturated rings. The summed E-state index contributed by atoms with van der Waals surface area (Å²) in [6.45, 7) is 0. The number of hydroxylamine groups is 2. The van der Waals surface area contributed by atoms with Crippen molar-refractivity contribution in [2.24, 2.45) is 5.92 Å². The SMILES string of the molecule is CN(C)c1ccc([C@@H]2[C@@H]3C(=O)N(c4ccccc4)C(=O)[C@@H]3ON2C)cc1. The smallest absolute Gasteiger partial charge is 0.265 e. The van der Waals surface area contributed by atoms with Crippen LogP contribution in [0.15, 0.2) is 54.6 Å². The van der Waals surface area contributed by atoms with Gasteiger partial charge in [0.05, 0.1) is 17.6 Å². The predicted octanol–water partition coefficient (Wildman–Crippen LogP) is 2.23. The van der Waals surface area contributed by atoms with E-state index in [1.807, 2.05) is 61.5 Å². The fraction of sp³-hybridized carbons (Fsp3) is 0.300. The molecule has 3 atom stereocenters. The van der Waals surface area contributed by atoms with E-state index < -0.39 is 12.0 Å². The Morgan fingerprint density at radius 1 is 0.923 bits per heavy atom. The van der Waals surface area contributed by atoms with Crippen LogP contribution in [-0.2, 0) is 14.4 Å². The number of anilines is 2. The van der Waals surface area contributed by atoms with Crippen molar-refractivity contribution < 1.29 is 14.4 Å². The summed E-state index contributed by atoms with van der Waals surface area (Å²) in [4.78, 5) is 34.9. The van der Waals surface area contributed by atoms with Gasteiger partial charge in [-0.05, 0) is 29.8 Å². The van der Waals surface area contributed by atoms with Crippen LogP contribution < -0.4 is 9.80 Å². The average Bonchev–Trinajstić information content (AvgIpc) is 3.10. The van der Waals surface area contributed by atoms with Crippen molar-refractivity contribution in [3.05, 3.63) is 60.2 Å². The molecule has 2 aromatic carbocycles. The van der Waals surface area contributed by atoms with E-state index in [4.69, 9.17) is 4.84 Å². The van der Waals surface area contributed by atoms with Crippen LogP contribution in [0.3, 0.4) is 0 Å². The van der Waals surface area contributed by atoms with Crippen molar-refractivity contribution in [1.29, 1.82) is 0 Å². The van der Waals surface area contributed by atoms with Gasteiger partial charge in [-0.25, -0.2) is 4.90 Å². The van der Waals surface area contributed by atoms with Crippen molar-refractivity contribution in [3.8, 4) is 0 Å². The number of fused-ring (bicyclic) bond motifs is 1. The minimum absolute atomic E-state index is 0.211. The van der Waals surface area contributed by atoms with Crippen LogP contribution in [0.5, 0.6) is 0 Å². The molecule has 6 nitrogen and oxygen atoms in total. The van der Waals surface area contributed by atoms with E-state index in [0.717, 1.165) is 11.3 Å². The predicted molar refractivity (Wildman–Crippen MR) is 98.6 cm³/mol. The second-order valence-electron chi connectivity index (χ2n) is 6.88. The molecule has 2 amide bonds. The van der Waals surface area contributed by atoms with Gasteiger partial charge in [0, 0.05) is 26.8 Å². The van der Waals surface area contributed by atoms with Gasteiger partial charge < -0.3 is 4.90 Å². The van der Waals surface area contributed by atoms with Crippen LogP contribution in [-0.4, -0.2) is 44.1 Å². The van der Waals surface area contributed by atoms with Crippen molar-refractivity contribution in [3.63, 3.8) is 0 Å². The molecule has 2 aliphatic rings. The van der Waals surface area contributed by atoms with Crippen molar-refractivity contribution >= 4 is 23.2 Å². The Labute approximate surface area is 152 Å². The fourth-order valence-corrected chi connectivity index (χ4v) is 3.77. The Balaban J connectivity index is 1.68. The monoisotopic (exact) mass is 351 g/mol. The zero-order chi connectivity index (χ0) is 18.4. The lowest BCUT2D eigenvalue weighted by Gasteiger charge is -2.24. The molecule has 0 N–H and O–H groups in total. The van der Waals surface area contributed by atoms with E-state index >= 15 is 0 Å². The highest BCUT2D eigenvalue weighted by Crippen LogP contribution is 2.44. The minimum Gasteiger partial charge on any atom is -0.378 e. The summed E-state index contributed by atoms with van der Waals surface area (Å²) < 4.78 is 0. The molecule has 2 aliphatic heterocycles. The molecule has 0 radical (unpaired) electrons. The molecule has 2 aromatic rings. The molecule has 0 saturated carbocycles. The number of hydrogen-bond donors (Lipinski definition) is 0. The van der Waals surface area contributed by atoms with E-state index in [9.17, 15) is 9.59 Å². The van der Waals surface area contributed by atoms with Crippen LogP contribution in [0.4, 0.5) is 11.4 Å². The topological polar surface area (TPSA) is 53.1 Å². The van der Waals surface area contributed by atoms with E-state index in [-0.39, 0.29) is 17.9 Å². The molecule has 0 bridgehead atoms. The highest BCUT2D eigenvalue weighted by molar-refractivity contribution is 6.23. The number of rotatable bonds is 3. The Morgan fingerprint density at radius 2 is 1.58 bits per heavy atom. The van der Waals surface area contributed by atoms with Gasteiger partial charge in [-0.1, -0.05) is 30.3 Å². The molecule has 0 unspecified atom stereocenters. The first-order valence-electron chi connectivity index (χ1n) is 8.59. The lowest BCUT2D eigenvalue weighted by atomic mass is 9.91. The summed E-state index contributed by atoms with van der Waals surface area (Å²) in [5.41, 5.74) is 2.62. The highest BCUT2D eigenvalue weighted by Gasteiger charge is 2.59. The second-order valence-corrected chi connectivity index (χ2v) is 6.88. The van der Waals surface area contributed by atoms with E-state index in [0.29, 0.717) is 5.69 Å². The molecule has 0 aliphatic carbocycles. The normalized spacial score (nSPS) is 25.7. The molecule has 2 heterocycles. The van der Waals surface area contributed by atoms with Crippen molar-refractivity contribution in [2.75, 3.05) is 30.9 Å². The van der Waals surface area contributed by atoms with Gasteiger partial charge in [0.25, 0.3) is 5.91 Å². The summed E-state index contributed by atoms with van der Waals surface area (Å²) in [5.74, 6) is -1.05. The third-order valence-corrected chi connectivity index (χ3v) is 5.07. The molecule has 6 heteroatoms. The maximum Gasteiger partial charge on any atom is 0.265 e. The zero-order valence-corrected chi connectivity index (χ0v) is 15.0. The van der Waals surface area contributed by atoms with Crippen LogP contribution in [0, 0.1) is 5.92 Å². The van der Waals surface area contributed by atoms with Gasteiger partial charge in [-0.2, -0.15) is 5.06 Å². The first-order chi connectivity index (χ1) is 12.5. The Kier molecular flexibility index (Phi) is 4.01. The highest BCUT2D eigenvalue weighted by atomic mass is 16.7. The number of nitrogens with zero attached hydrogens (tertiary/aromatic N) is 3. The standard InChI is InChI=1S/C20H21N3O3/c1-21(2)14-11-9-13(10-12-14)17-16-18(26-22(17)3)20(25)23(19(16)24)15-7-5-4-6-8-15/h4-12,16-18H,1-3H3/t16-,17+,18+/m0/s1. The number of amides is 2. The summed E-state index contributed by atoms with van der Waals surface area (Å²) in [7, 11) is 5.73. The van der Waals surface area contributed by atoms with Crippen molar-refractivity contribution in [1.82, 2.24) is 5.06 Å². The Bertz CT molecular complexity index is 835. The lowest BCUT2D eigenvalue weighted by Crippen LogP contribution is -2.36. The van der Waals surface area contributed by atoms with Crippen LogP contribution in [0.2, 0.25) is 0 Å². The van der Waals surface area contributed by atoms with Crippen LogP contribution in [0.1, 0.15) is 11.6 Å². The van der Waals surface area contributed by atoms with Gasteiger partial charge in [0.2, 0.25) is 5.91 Å². The number of carbonyl (C=O) groups is 2. The van der Waals surface area contributed by atoms with Gasteiger partial charge in [-0.15, -0.1) is 0 Å². The zero-order valence-electron chi connectivity index (χ0n) is 15.0. The molecule has 26 heavy (non-hydrogen) atoms. The van der Waals surface area contributed by atoms with Crippen LogP contribution >= 0.6 is 0 Å². The molecule has 134 valence electrons. The van der Waals surface area contributed by atoms with E-state index in [1.165, 1.54) is 4.90 Å². The Hall–Kier alpha value is -2.70. The first kappa shape index (κ1) is 16.8. The molecule has 2 saturated heterocycles. The maximum atomic E-state index is 13.1. The molecule has 4 rings (SSSR count). The number of imide groups is 1. The third-order valence-electron chi connectivity index (χ3n) is 5.07. The number of hydrogen-bond acceptors (Lipinski definition) is 5. The molecule has 0 spiro atoms. The van der Waals surface area contributed by atoms with Gasteiger partial charge in [0.15, 0.2) is 6.10 Å². The van der Waals surface area contributed by atoms with Gasteiger partial charge in [-0.3, -0.25) is 14.4 Å². The molecular formula is C20H21N3O3. The first-order valence-corrected chi connectivity index (χ1v) is 8.59. The second kappa shape index (κ2) is 6.23. The number of benzene rings is 2. The summed E-state index contributed by atoms with van der Waals surface area (Å²) in [6, 6.07) is 16.7. The quantitative estimate of drug-likeness (QED) is 0.794. The number of carbonyl (C=O) groups excluding carboxylic acids is 2. The summed E-state index contributed by atoms with van der Waals surface area (Å²) in [5, 5.41) is 1.64. The lowest BCUT2D eigenvalue weighted by molar-refractivity contribution is -0.160. The summed E-state index contributed by atoms with van der Waals surface area (Å²) in [6.07, 6.45) is -0.772. The fourth-order valence-electron chi connectivity index (χ4n) is 3.77. The van der Waals surface area contributed by atoms with Gasteiger partial charge in [0.1, 0.15) is 0 Å². The molecule has 0 aromatic heterocycles. The summed E-state index contributed by atoms with van der Waals surface area (Å²) >= 11 is 0. The Morgan fingerprint density at radius 3 is 2.19 bits per heavy atom. The minimum atomic E-state index is -0.772. The maximum absolute atomic E-state index is 13.1.